The maximum atomic E-state index is 13.2. The zero-order valence-electron chi connectivity index (χ0n) is 10.5. The molecule has 2 atom stereocenters. The molecule has 2 N–H and O–H groups in total. The number of amides is 1. The van der Waals surface area contributed by atoms with Crippen LogP contribution in [0.25, 0.3) is 0 Å². The third kappa shape index (κ3) is 3.42. The first-order valence-electron chi connectivity index (χ1n) is 6.15. The topological polar surface area (TPSA) is 41.1 Å². The maximum absolute atomic E-state index is 13.2. The van der Waals surface area contributed by atoms with Crippen LogP contribution in [0.3, 0.4) is 0 Å². The molecule has 2 rings (SSSR count). The highest BCUT2D eigenvalue weighted by Crippen LogP contribution is 2.18. The molecule has 0 aromatic heterocycles. The molecule has 6 heteroatoms. The Morgan fingerprint density at radius 1 is 1.42 bits per heavy atom. The molecule has 0 bridgehead atoms. The summed E-state index contributed by atoms with van der Waals surface area (Å²) in [7, 11) is 0. The molecule has 1 saturated heterocycles. The molecule has 1 aromatic carbocycles. The molecule has 1 fully saturated rings. The van der Waals surface area contributed by atoms with Crippen LogP contribution in [0.5, 0.6) is 0 Å². The second-order valence-electron chi connectivity index (χ2n) is 4.80. The quantitative estimate of drug-likeness (QED) is 0.611. The van der Waals surface area contributed by atoms with E-state index in [0.717, 1.165) is 25.1 Å². The smallest absolute Gasteiger partial charge is 0.252 e. The molecule has 1 aliphatic heterocycles. The van der Waals surface area contributed by atoms with Gasteiger partial charge < -0.3 is 10.6 Å². The summed E-state index contributed by atoms with van der Waals surface area (Å²) in [6.07, 6.45) is 0.986. The first kappa shape index (κ1) is 14.6. The SMILES string of the molecule is CC1CCNCC1NC(=O)c1cc(F)c(F)cc1I. The Kier molecular flexibility index (Phi) is 4.72. The molecule has 0 spiro atoms. The van der Waals surface area contributed by atoms with Crippen LogP contribution in [-0.2, 0) is 0 Å². The molecule has 2 unspecified atom stereocenters. The number of nitrogens with one attached hydrogen (secondary N) is 2. The number of hydrogen-bond donors (Lipinski definition) is 2. The number of halogens is 3. The zero-order valence-corrected chi connectivity index (χ0v) is 12.6. The van der Waals surface area contributed by atoms with E-state index >= 15 is 0 Å². The van der Waals surface area contributed by atoms with Crippen molar-refractivity contribution in [1.82, 2.24) is 10.6 Å². The van der Waals surface area contributed by atoms with Crippen molar-refractivity contribution < 1.29 is 13.6 Å². The predicted octanol–water partition coefficient (Wildman–Crippen LogP) is 2.30. The molecule has 1 amide bonds. The molecule has 3 nitrogen and oxygen atoms in total. The van der Waals surface area contributed by atoms with Gasteiger partial charge in [-0.15, -0.1) is 0 Å². The van der Waals surface area contributed by atoms with Gasteiger partial charge in [0.15, 0.2) is 11.6 Å². The minimum atomic E-state index is -1.000. The maximum Gasteiger partial charge on any atom is 0.252 e. The monoisotopic (exact) mass is 380 g/mol. The van der Waals surface area contributed by atoms with Gasteiger partial charge in [-0.2, -0.15) is 0 Å². The molecule has 1 aromatic rings. The fourth-order valence-electron chi connectivity index (χ4n) is 2.13. The first-order valence-corrected chi connectivity index (χ1v) is 7.23. The second-order valence-corrected chi connectivity index (χ2v) is 5.96. The molecule has 0 saturated carbocycles. The van der Waals surface area contributed by atoms with E-state index in [-0.39, 0.29) is 17.5 Å². The van der Waals surface area contributed by atoms with Crippen molar-refractivity contribution in [3.05, 3.63) is 32.9 Å². The number of benzene rings is 1. The Hall–Kier alpha value is -0.760. The van der Waals surface area contributed by atoms with Crippen LogP contribution in [0.1, 0.15) is 23.7 Å². The summed E-state index contributed by atoms with van der Waals surface area (Å²) < 4.78 is 26.6. The Morgan fingerprint density at radius 3 is 2.79 bits per heavy atom. The van der Waals surface area contributed by atoms with Gasteiger partial charge >= 0.3 is 0 Å². The van der Waals surface area contributed by atoms with E-state index in [0.29, 0.717) is 16.0 Å². The standard InChI is InChI=1S/C13H15F2IN2O/c1-7-2-3-17-6-12(7)18-13(19)8-4-9(14)10(15)5-11(8)16/h4-5,7,12,17H,2-3,6H2,1H3,(H,18,19). The normalized spacial score (nSPS) is 23.2. The van der Waals surface area contributed by atoms with Gasteiger partial charge in [0.1, 0.15) is 0 Å². The van der Waals surface area contributed by atoms with Gasteiger partial charge in [0, 0.05) is 16.2 Å². The van der Waals surface area contributed by atoms with Crippen molar-refractivity contribution in [2.24, 2.45) is 5.92 Å². The van der Waals surface area contributed by atoms with E-state index < -0.39 is 11.6 Å². The Bertz CT molecular complexity index is 496. The number of carbonyl (C=O) groups excluding carboxylic acids is 1. The molecular weight excluding hydrogens is 365 g/mol. The minimum Gasteiger partial charge on any atom is -0.348 e. The van der Waals surface area contributed by atoms with Gasteiger partial charge in [-0.1, -0.05) is 6.92 Å². The fraction of sp³-hybridized carbons (Fsp3) is 0.462. The van der Waals surface area contributed by atoms with Crippen LogP contribution in [0.2, 0.25) is 0 Å². The molecule has 0 aliphatic carbocycles. The van der Waals surface area contributed by atoms with Crippen LogP contribution in [0.4, 0.5) is 8.78 Å². The van der Waals surface area contributed by atoms with Crippen LogP contribution >= 0.6 is 22.6 Å². The largest absolute Gasteiger partial charge is 0.348 e. The van der Waals surface area contributed by atoms with Gasteiger partial charge in [-0.25, -0.2) is 8.78 Å². The van der Waals surface area contributed by atoms with Crippen LogP contribution in [0, 0.1) is 21.1 Å². The second kappa shape index (κ2) is 6.13. The highest BCUT2D eigenvalue weighted by atomic mass is 127. The van der Waals surface area contributed by atoms with Gasteiger partial charge in [-0.05, 0) is 53.6 Å². The summed E-state index contributed by atoms with van der Waals surface area (Å²) >= 11 is 1.83. The first-order chi connectivity index (χ1) is 8.99. The minimum absolute atomic E-state index is 0.0187. The molecule has 1 aliphatic rings. The van der Waals surface area contributed by atoms with Crippen molar-refractivity contribution in [2.75, 3.05) is 13.1 Å². The molecule has 19 heavy (non-hydrogen) atoms. The van der Waals surface area contributed by atoms with Crippen LogP contribution in [0.15, 0.2) is 12.1 Å². The van der Waals surface area contributed by atoms with Crippen LogP contribution in [-0.4, -0.2) is 25.0 Å². The lowest BCUT2D eigenvalue weighted by Crippen LogP contribution is -2.50. The van der Waals surface area contributed by atoms with Crippen molar-refractivity contribution in [1.29, 1.82) is 0 Å². The average molecular weight is 380 g/mol. The summed E-state index contributed by atoms with van der Waals surface area (Å²) in [4.78, 5) is 12.1. The zero-order chi connectivity index (χ0) is 14.0. The van der Waals surface area contributed by atoms with Crippen molar-refractivity contribution in [3.8, 4) is 0 Å². The van der Waals surface area contributed by atoms with Crippen molar-refractivity contribution >= 4 is 28.5 Å². The Labute approximate surface area is 124 Å². The predicted molar refractivity (Wildman–Crippen MR) is 77.0 cm³/mol. The van der Waals surface area contributed by atoms with E-state index in [9.17, 15) is 13.6 Å². The molecular formula is C13H15F2IN2O. The van der Waals surface area contributed by atoms with E-state index in [4.69, 9.17) is 0 Å². The summed E-state index contributed by atoms with van der Waals surface area (Å²) in [5, 5.41) is 6.08. The number of carbonyl (C=O) groups is 1. The number of piperidine rings is 1. The van der Waals surface area contributed by atoms with Crippen molar-refractivity contribution in [3.63, 3.8) is 0 Å². The lowest BCUT2D eigenvalue weighted by molar-refractivity contribution is 0.0913. The summed E-state index contributed by atoms with van der Waals surface area (Å²) in [6, 6.07) is 2.01. The Balaban J connectivity index is 2.13. The van der Waals surface area contributed by atoms with Gasteiger partial charge in [0.2, 0.25) is 0 Å². The summed E-state index contributed by atoms with van der Waals surface area (Å²) in [5.41, 5.74) is 0.178. The molecule has 1 heterocycles. The Morgan fingerprint density at radius 2 is 2.11 bits per heavy atom. The van der Waals surface area contributed by atoms with Gasteiger partial charge in [0.25, 0.3) is 5.91 Å². The van der Waals surface area contributed by atoms with Gasteiger partial charge in [-0.3, -0.25) is 4.79 Å². The highest BCUT2D eigenvalue weighted by Gasteiger charge is 2.24. The highest BCUT2D eigenvalue weighted by molar-refractivity contribution is 14.1. The molecule has 104 valence electrons. The van der Waals surface area contributed by atoms with E-state index in [1.165, 1.54) is 0 Å². The van der Waals surface area contributed by atoms with E-state index in [1.807, 2.05) is 22.6 Å². The summed E-state index contributed by atoms with van der Waals surface area (Å²) in [6.45, 7) is 3.71. The van der Waals surface area contributed by atoms with E-state index in [1.54, 1.807) is 0 Å². The molecule has 0 radical (unpaired) electrons. The van der Waals surface area contributed by atoms with Gasteiger partial charge in [0.05, 0.1) is 5.56 Å². The van der Waals surface area contributed by atoms with E-state index in [2.05, 4.69) is 17.6 Å². The average Bonchev–Trinajstić information content (AvgIpc) is 2.36. The lowest BCUT2D eigenvalue weighted by Gasteiger charge is -2.30. The van der Waals surface area contributed by atoms with Crippen molar-refractivity contribution in [2.45, 2.75) is 19.4 Å². The third-order valence-electron chi connectivity index (χ3n) is 3.40. The lowest BCUT2D eigenvalue weighted by atomic mass is 9.94. The summed E-state index contributed by atoms with van der Waals surface area (Å²) in [5.74, 6) is -1.92. The van der Waals surface area contributed by atoms with Crippen LogP contribution < -0.4 is 10.6 Å². The number of rotatable bonds is 2. The number of hydrogen-bond acceptors (Lipinski definition) is 2. The fourth-order valence-corrected chi connectivity index (χ4v) is 2.80. The third-order valence-corrected chi connectivity index (χ3v) is 4.29.